The standard InChI is InChI=1S/C28H31F3N4O6/c1-16-5-7-18(8-6-16)24(17(2)33-27(39)28(29,30)31)41-21-9-10-22(32-13-21)25(37)34-20-4-3-11-35(14-20)26(38)19-12-23(36)40-15-19/h5-10,13,17,19-20,24H,3-4,11-12,14-15H2,1-2H3,(H,33,39)(H,34,37)/t17?,19?,20?,24-/m0/s1. The molecule has 220 valence electrons. The van der Waals surface area contributed by atoms with E-state index in [0.717, 1.165) is 5.56 Å². The number of piperidine rings is 1. The third-order valence-corrected chi connectivity index (χ3v) is 6.98. The number of hydrogen-bond acceptors (Lipinski definition) is 7. The molecule has 4 atom stereocenters. The van der Waals surface area contributed by atoms with E-state index in [1.165, 1.54) is 25.3 Å². The second-order valence-corrected chi connectivity index (χ2v) is 10.3. The van der Waals surface area contributed by atoms with Crippen molar-refractivity contribution in [2.75, 3.05) is 19.7 Å². The molecule has 1 aromatic heterocycles. The second kappa shape index (κ2) is 12.6. The van der Waals surface area contributed by atoms with Gasteiger partial charge in [0.25, 0.3) is 5.91 Å². The number of aryl methyl sites for hydroxylation is 1. The number of nitrogens with zero attached hydrogens (tertiary/aromatic N) is 2. The lowest BCUT2D eigenvalue weighted by atomic mass is 10.0. The Balaban J connectivity index is 1.39. The minimum absolute atomic E-state index is 0.0585. The lowest BCUT2D eigenvalue weighted by Crippen LogP contribution is -2.51. The van der Waals surface area contributed by atoms with E-state index in [-0.39, 0.29) is 36.4 Å². The van der Waals surface area contributed by atoms with E-state index in [9.17, 15) is 32.3 Å². The first kappa shape index (κ1) is 29.8. The maximum Gasteiger partial charge on any atom is 0.471 e. The Hall–Kier alpha value is -4.16. The smallest absolute Gasteiger partial charge is 0.471 e. The van der Waals surface area contributed by atoms with Crippen LogP contribution in [0.15, 0.2) is 42.6 Å². The highest BCUT2D eigenvalue weighted by Gasteiger charge is 2.40. The van der Waals surface area contributed by atoms with Gasteiger partial charge in [-0.2, -0.15) is 13.2 Å². The number of cyclic esters (lactones) is 1. The van der Waals surface area contributed by atoms with Crippen molar-refractivity contribution >= 4 is 23.7 Å². The molecule has 0 aliphatic carbocycles. The van der Waals surface area contributed by atoms with Gasteiger partial charge >= 0.3 is 18.1 Å². The SMILES string of the molecule is Cc1ccc([C@@H](Oc2ccc(C(=O)NC3CCCN(C(=O)C4COC(=O)C4)C3)nc2)C(C)NC(=O)C(F)(F)F)cc1. The molecule has 4 rings (SSSR count). The largest absolute Gasteiger partial charge is 0.482 e. The number of alkyl halides is 3. The molecule has 0 spiro atoms. The van der Waals surface area contributed by atoms with Crippen LogP contribution in [-0.2, 0) is 19.1 Å². The molecule has 0 bridgehead atoms. The van der Waals surface area contributed by atoms with Crippen LogP contribution in [0.4, 0.5) is 13.2 Å². The fraction of sp³-hybridized carbons (Fsp3) is 0.464. The quantitative estimate of drug-likeness (QED) is 0.463. The molecule has 2 aromatic rings. The van der Waals surface area contributed by atoms with Crippen LogP contribution in [0.25, 0.3) is 0 Å². The van der Waals surface area contributed by atoms with Crippen LogP contribution in [0.3, 0.4) is 0 Å². The monoisotopic (exact) mass is 576 g/mol. The van der Waals surface area contributed by atoms with Crippen LogP contribution in [0.5, 0.6) is 5.75 Å². The molecule has 2 aliphatic heterocycles. The Labute approximate surface area is 234 Å². The van der Waals surface area contributed by atoms with Gasteiger partial charge in [0.05, 0.1) is 24.6 Å². The molecule has 3 unspecified atom stereocenters. The van der Waals surface area contributed by atoms with Crippen LogP contribution < -0.4 is 15.4 Å². The highest BCUT2D eigenvalue weighted by atomic mass is 19.4. The third kappa shape index (κ3) is 7.74. The van der Waals surface area contributed by atoms with E-state index in [1.54, 1.807) is 29.2 Å². The van der Waals surface area contributed by atoms with Crippen molar-refractivity contribution in [3.05, 3.63) is 59.4 Å². The third-order valence-electron chi connectivity index (χ3n) is 6.98. The van der Waals surface area contributed by atoms with Gasteiger partial charge in [-0.1, -0.05) is 29.8 Å². The molecule has 0 radical (unpaired) electrons. The minimum atomic E-state index is -5.05. The highest BCUT2D eigenvalue weighted by molar-refractivity contribution is 5.92. The number of nitrogens with one attached hydrogen (secondary N) is 2. The first-order chi connectivity index (χ1) is 19.4. The Morgan fingerprint density at radius 2 is 1.88 bits per heavy atom. The first-order valence-corrected chi connectivity index (χ1v) is 13.2. The number of hydrogen-bond donors (Lipinski definition) is 2. The van der Waals surface area contributed by atoms with Crippen molar-refractivity contribution in [1.29, 1.82) is 0 Å². The van der Waals surface area contributed by atoms with Crippen molar-refractivity contribution in [3.8, 4) is 5.75 Å². The number of ether oxygens (including phenoxy) is 2. The Bertz CT molecular complexity index is 1270. The normalized spacial score (nSPS) is 20.5. The van der Waals surface area contributed by atoms with Gasteiger partial charge in [-0.05, 0) is 44.4 Å². The number of rotatable bonds is 8. The average Bonchev–Trinajstić information content (AvgIpc) is 3.38. The molecular formula is C28H31F3N4O6. The summed E-state index contributed by atoms with van der Waals surface area (Å²) in [6.45, 7) is 4.17. The number of amides is 3. The molecule has 13 heteroatoms. The zero-order valence-electron chi connectivity index (χ0n) is 22.6. The Morgan fingerprint density at radius 1 is 1.15 bits per heavy atom. The first-order valence-electron chi connectivity index (χ1n) is 13.2. The summed E-state index contributed by atoms with van der Waals surface area (Å²) in [5.41, 5.74) is 1.56. The molecule has 1 aromatic carbocycles. The number of pyridine rings is 1. The number of halogens is 3. The van der Waals surface area contributed by atoms with E-state index in [1.807, 2.05) is 12.2 Å². The summed E-state index contributed by atoms with van der Waals surface area (Å²) < 4.78 is 49.4. The fourth-order valence-electron chi connectivity index (χ4n) is 4.79. The van der Waals surface area contributed by atoms with E-state index in [4.69, 9.17) is 9.47 Å². The van der Waals surface area contributed by atoms with Crippen molar-refractivity contribution in [2.24, 2.45) is 5.92 Å². The summed E-state index contributed by atoms with van der Waals surface area (Å²) in [4.78, 5) is 54.3. The minimum Gasteiger partial charge on any atom is -0.482 e. The molecule has 2 aliphatic rings. The molecule has 10 nitrogen and oxygen atoms in total. The molecule has 2 N–H and O–H groups in total. The van der Waals surface area contributed by atoms with E-state index in [0.29, 0.717) is 31.5 Å². The predicted molar refractivity (Wildman–Crippen MR) is 139 cm³/mol. The van der Waals surface area contributed by atoms with Gasteiger partial charge in [-0.25, -0.2) is 4.98 Å². The fourth-order valence-corrected chi connectivity index (χ4v) is 4.79. The Kier molecular flexibility index (Phi) is 9.14. The average molecular weight is 577 g/mol. The summed E-state index contributed by atoms with van der Waals surface area (Å²) in [6, 6.07) is 8.47. The van der Waals surface area contributed by atoms with Crippen molar-refractivity contribution in [3.63, 3.8) is 0 Å². The number of carbonyl (C=O) groups is 4. The van der Waals surface area contributed by atoms with Gasteiger partial charge < -0.3 is 25.0 Å². The van der Waals surface area contributed by atoms with Crippen molar-refractivity contribution < 1.29 is 41.8 Å². The zero-order chi connectivity index (χ0) is 29.7. The van der Waals surface area contributed by atoms with Gasteiger partial charge in [-0.3, -0.25) is 19.2 Å². The van der Waals surface area contributed by atoms with E-state index < -0.39 is 42.0 Å². The van der Waals surface area contributed by atoms with Crippen molar-refractivity contribution in [1.82, 2.24) is 20.5 Å². The molecule has 0 saturated carbocycles. The van der Waals surface area contributed by atoms with Gasteiger partial charge in [0.2, 0.25) is 5.91 Å². The molecule has 3 heterocycles. The summed E-state index contributed by atoms with van der Waals surface area (Å²) in [5, 5.41) is 4.81. The lowest BCUT2D eigenvalue weighted by Gasteiger charge is -2.34. The topological polar surface area (TPSA) is 127 Å². The number of likely N-dealkylation sites (tertiary alicyclic amines) is 1. The summed E-state index contributed by atoms with van der Waals surface area (Å²) in [7, 11) is 0. The van der Waals surface area contributed by atoms with Crippen LogP contribution in [0, 0.1) is 12.8 Å². The second-order valence-electron chi connectivity index (χ2n) is 10.3. The van der Waals surface area contributed by atoms with E-state index >= 15 is 0 Å². The van der Waals surface area contributed by atoms with Gasteiger partial charge in [-0.15, -0.1) is 0 Å². The lowest BCUT2D eigenvalue weighted by molar-refractivity contribution is -0.174. The van der Waals surface area contributed by atoms with Crippen LogP contribution in [0.2, 0.25) is 0 Å². The maximum atomic E-state index is 12.9. The summed E-state index contributed by atoms with van der Waals surface area (Å²) in [5.74, 6) is -3.42. The molecule has 2 fully saturated rings. The van der Waals surface area contributed by atoms with Gasteiger partial charge in [0, 0.05) is 19.1 Å². The Morgan fingerprint density at radius 3 is 2.49 bits per heavy atom. The van der Waals surface area contributed by atoms with Crippen molar-refractivity contribution in [2.45, 2.75) is 57.5 Å². The van der Waals surface area contributed by atoms with E-state index in [2.05, 4.69) is 10.3 Å². The summed E-state index contributed by atoms with van der Waals surface area (Å²) in [6.07, 6.45) is -3.34. The number of carbonyl (C=O) groups excluding carboxylic acids is 4. The number of benzene rings is 1. The molecule has 3 amide bonds. The predicted octanol–water partition coefficient (Wildman–Crippen LogP) is 2.86. The van der Waals surface area contributed by atoms with Crippen LogP contribution in [0.1, 0.15) is 53.9 Å². The molecule has 41 heavy (non-hydrogen) atoms. The van der Waals surface area contributed by atoms with Gasteiger partial charge in [0.15, 0.2) is 0 Å². The molecular weight excluding hydrogens is 545 g/mol. The highest BCUT2D eigenvalue weighted by Crippen LogP contribution is 2.27. The number of aromatic nitrogens is 1. The number of esters is 1. The summed E-state index contributed by atoms with van der Waals surface area (Å²) >= 11 is 0. The van der Waals surface area contributed by atoms with Crippen LogP contribution >= 0.6 is 0 Å². The van der Waals surface area contributed by atoms with Gasteiger partial charge in [0.1, 0.15) is 24.2 Å². The zero-order valence-corrected chi connectivity index (χ0v) is 22.6. The maximum absolute atomic E-state index is 12.9. The molecule has 2 saturated heterocycles. The van der Waals surface area contributed by atoms with Crippen LogP contribution in [-0.4, -0.2) is 71.5 Å².